The lowest BCUT2D eigenvalue weighted by molar-refractivity contribution is -0.137. The number of sulfonamides is 1. The molecule has 4 rings (SSSR count). The topological polar surface area (TPSA) is 95.2 Å². The summed E-state index contributed by atoms with van der Waals surface area (Å²) in [5.41, 5.74) is 1.35. The molecule has 3 aliphatic rings. The Kier molecular flexibility index (Phi) is 4.15. The van der Waals surface area contributed by atoms with Crippen LogP contribution in [0.1, 0.15) is 56.2 Å². The summed E-state index contributed by atoms with van der Waals surface area (Å²) < 4.78 is 27.0. The van der Waals surface area contributed by atoms with E-state index < -0.39 is 15.4 Å². The third-order valence-corrected chi connectivity index (χ3v) is 8.07. The first-order valence-electron chi connectivity index (χ1n) is 9.22. The van der Waals surface area contributed by atoms with Crippen LogP contribution in [-0.2, 0) is 21.4 Å². The van der Waals surface area contributed by atoms with Gasteiger partial charge < -0.3 is 5.32 Å². The van der Waals surface area contributed by atoms with Crippen molar-refractivity contribution in [3.8, 4) is 0 Å². The molecule has 1 aromatic rings. The minimum absolute atomic E-state index is 0.0124. The molecule has 8 heteroatoms. The van der Waals surface area contributed by atoms with E-state index in [1.165, 1.54) is 0 Å². The van der Waals surface area contributed by atoms with Gasteiger partial charge in [-0.05, 0) is 39.0 Å². The summed E-state index contributed by atoms with van der Waals surface area (Å²) in [4.78, 5) is 13.2. The SMILES string of the molecule is Cc1[nH]ncc1CNC(=O)[C@@]12CCCC[C@H]1N(C1CC1)S(=O)(=O)CC2. The van der Waals surface area contributed by atoms with Crippen LogP contribution in [0, 0.1) is 12.3 Å². The van der Waals surface area contributed by atoms with Gasteiger partial charge in [0.2, 0.25) is 15.9 Å². The van der Waals surface area contributed by atoms with Gasteiger partial charge in [0.05, 0.1) is 17.4 Å². The molecule has 2 N–H and O–H groups in total. The number of rotatable bonds is 4. The van der Waals surface area contributed by atoms with E-state index in [4.69, 9.17) is 0 Å². The second-order valence-electron chi connectivity index (χ2n) is 7.75. The molecule has 0 unspecified atom stereocenters. The van der Waals surface area contributed by atoms with Crippen LogP contribution >= 0.6 is 0 Å². The molecule has 2 saturated carbocycles. The van der Waals surface area contributed by atoms with Gasteiger partial charge in [-0.15, -0.1) is 0 Å². The summed E-state index contributed by atoms with van der Waals surface area (Å²) in [7, 11) is -3.23. The fourth-order valence-electron chi connectivity index (χ4n) is 4.59. The fourth-order valence-corrected chi connectivity index (χ4v) is 6.78. The molecule has 0 spiro atoms. The molecule has 1 amide bonds. The van der Waals surface area contributed by atoms with E-state index in [-0.39, 0.29) is 23.7 Å². The molecule has 0 bridgehead atoms. The molecule has 2 atom stereocenters. The summed E-state index contributed by atoms with van der Waals surface area (Å²) in [5, 5.41) is 9.94. The van der Waals surface area contributed by atoms with E-state index >= 15 is 0 Å². The molecule has 0 radical (unpaired) electrons. The molecule has 1 aromatic heterocycles. The quantitative estimate of drug-likeness (QED) is 0.843. The highest BCUT2D eigenvalue weighted by Crippen LogP contribution is 2.50. The maximum Gasteiger partial charge on any atom is 0.228 e. The van der Waals surface area contributed by atoms with Gasteiger partial charge in [0.1, 0.15) is 0 Å². The van der Waals surface area contributed by atoms with Crippen LogP contribution in [0.25, 0.3) is 0 Å². The average Bonchev–Trinajstić information content (AvgIpc) is 3.33. The highest BCUT2D eigenvalue weighted by Gasteiger charge is 2.58. The average molecular weight is 366 g/mol. The van der Waals surface area contributed by atoms with Crippen LogP contribution in [0.4, 0.5) is 0 Å². The molecular formula is C17H26N4O3S. The molecule has 1 saturated heterocycles. The number of nitrogens with one attached hydrogen (secondary N) is 2. The van der Waals surface area contributed by atoms with E-state index in [0.717, 1.165) is 49.8 Å². The largest absolute Gasteiger partial charge is 0.351 e. The molecule has 25 heavy (non-hydrogen) atoms. The summed E-state index contributed by atoms with van der Waals surface area (Å²) in [5.74, 6) is 0.108. The van der Waals surface area contributed by atoms with Crippen molar-refractivity contribution in [2.45, 2.75) is 70.5 Å². The minimum atomic E-state index is -3.23. The molecule has 138 valence electrons. The standard InChI is InChI=1S/C17H26N4O3S/c1-12-13(11-19-20-12)10-18-16(22)17-7-3-2-4-15(17)21(14-5-6-14)25(23,24)9-8-17/h11,14-15H,2-10H2,1H3,(H,18,22)(H,19,20)/t15-,17-/m1/s1. The molecule has 3 fully saturated rings. The Morgan fingerprint density at radius 3 is 2.84 bits per heavy atom. The first-order valence-corrected chi connectivity index (χ1v) is 10.8. The number of fused-ring (bicyclic) bond motifs is 1. The summed E-state index contributed by atoms with van der Waals surface area (Å²) in [6.45, 7) is 2.37. The lowest BCUT2D eigenvalue weighted by atomic mass is 9.67. The van der Waals surface area contributed by atoms with Gasteiger partial charge in [-0.3, -0.25) is 9.89 Å². The zero-order valence-corrected chi connectivity index (χ0v) is 15.4. The van der Waals surface area contributed by atoms with Crippen LogP contribution in [0.5, 0.6) is 0 Å². The number of carbonyl (C=O) groups excluding carboxylic acids is 1. The van der Waals surface area contributed by atoms with Crippen molar-refractivity contribution in [1.82, 2.24) is 19.8 Å². The maximum atomic E-state index is 13.2. The van der Waals surface area contributed by atoms with Gasteiger partial charge in [0.25, 0.3) is 0 Å². The molecule has 2 heterocycles. The van der Waals surface area contributed by atoms with Crippen LogP contribution < -0.4 is 5.32 Å². The van der Waals surface area contributed by atoms with Crippen LogP contribution in [-0.4, -0.2) is 46.7 Å². The van der Waals surface area contributed by atoms with Crippen molar-refractivity contribution in [2.75, 3.05) is 5.75 Å². The first-order chi connectivity index (χ1) is 11.9. The zero-order chi connectivity index (χ0) is 17.7. The van der Waals surface area contributed by atoms with Crippen LogP contribution in [0.3, 0.4) is 0 Å². The Balaban J connectivity index is 1.58. The van der Waals surface area contributed by atoms with Gasteiger partial charge in [0.15, 0.2) is 0 Å². The number of amides is 1. The van der Waals surface area contributed by atoms with E-state index in [9.17, 15) is 13.2 Å². The van der Waals surface area contributed by atoms with E-state index in [1.807, 2.05) is 6.92 Å². The normalized spacial score (nSPS) is 32.1. The lowest BCUT2D eigenvalue weighted by Gasteiger charge is -2.51. The highest BCUT2D eigenvalue weighted by molar-refractivity contribution is 7.89. The van der Waals surface area contributed by atoms with Gasteiger partial charge >= 0.3 is 0 Å². The highest BCUT2D eigenvalue weighted by atomic mass is 32.2. The molecule has 2 aliphatic carbocycles. The van der Waals surface area contributed by atoms with Crippen molar-refractivity contribution >= 4 is 15.9 Å². The molecular weight excluding hydrogens is 340 g/mol. The fraction of sp³-hybridized carbons (Fsp3) is 0.765. The predicted molar refractivity (Wildman–Crippen MR) is 93.1 cm³/mol. The van der Waals surface area contributed by atoms with Gasteiger partial charge in [-0.25, -0.2) is 8.42 Å². The number of aromatic amines is 1. The number of H-pyrrole nitrogens is 1. The van der Waals surface area contributed by atoms with Crippen molar-refractivity contribution in [3.05, 3.63) is 17.5 Å². The number of carbonyl (C=O) groups is 1. The summed E-state index contributed by atoms with van der Waals surface area (Å²) >= 11 is 0. The Hall–Kier alpha value is -1.41. The third kappa shape index (κ3) is 2.89. The molecule has 1 aliphatic heterocycles. The van der Waals surface area contributed by atoms with Gasteiger partial charge in [-0.2, -0.15) is 9.40 Å². The Morgan fingerprint density at radius 1 is 1.36 bits per heavy atom. The number of aryl methyl sites for hydroxylation is 1. The predicted octanol–water partition coefficient (Wildman–Crippen LogP) is 1.46. The van der Waals surface area contributed by atoms with E-state index in [1.54, 1.807) is 10.5 Å². The molecule has 7 nitrogen and oxygen atoms in total. The first kappa shape index (κ1) is 17.0. The van der Waals surface area contributed by atoms with Crippen LogP contribution in [0.15, 0.2) is 6.20 Å². The summed E-state index contributed by atoms with van der Waals surface area (Å²) in [6.07, 6.45) is 7.61. The van der Waals surface area contributed by atoms with Crippen molar-refractivity contribution < 1.29 is 13.2 Å². The van der Waals surface area contributed by atoms with Crippen LogP contribution in [0.2, 0.25) is 0 Å². The van der Waals surface area contributed by atoms with Crippen molar-refractivity contribution in [3.63, 3.8) is 0 Å². The van der Waals surface area contributed by atoms with E-state index in [2.05, 4.69) is 15.5 Å². The van der Waals surface area contributed by atoms with Gasteiger partial charge in [0, 0.05) is 29.9 Å². The summed E-state index contributed by atoms with van der Waals surface area (Å²) in [6, 6.07) is -0.0466. The smallest absolute Gasteiger partial charge is 0.228 e. The van der Waals surface area contributed by atoms with E-state index in [0.29, 0.717) is 13.0 Å². The molecule has 0 aromatic carbocycles. The lowest BCUT2D eigenvalue weighted by Crippen LogP contribution is -2.63. The zero-order valence-electron chi connectivity index (χ0n) is 14.6. The number of nitrogens with zero attached hydrogens (tertiary/aromatic N) is 2. The van der Waals surface area contributed by atoms with Crippen molar-refractivity contribution in [1.29, 1.82) is 0 Å². The minimum Gasteiger partial charge on any atom is -0.351 e. The number of aromatic nitrogens is 2. The second kappa shape index (κ2) is 6.09. The second-order valence-corrected chi connectivity index (χ2v) is 9.74. The third-order valence-electron chi connectivity index (χ3n) is 6.16. The number of hydrogen-bond acceptors (Lipinski definition) is 4. The Labute approximate surface area is 148 Å². The van der Waals surface area contributed by atoms with Gasteiger partial charge in [-0.1, -0.05) is 12.8 Å². The monoisotopic (exact) mass is 366 g/mol. The van der Waals surface area contributed by atoms with Crippen molar-refractivity contribution in [2.24, 2.45) is 5.41 Å². The Morgan fingerprint density at radius 2 is 2.16 bits per heavy atom. The maximum absolute atomic E-state index is 13.2. The number of hydrogen-bond donors (Lipinski definition) is 2. The Bertz CT molecular complexity index is 771.